The van der Waals surface area contributed by atoms with E-state index >= 15 is 0 Å². The molecule has 3 rings (SSSR count). The van der Waals surface area contributed by atoms with Gasteiger partial charge in [-0.25, -0.2) is 8.42 Å². The first-order chi connectivity index (χ1) is 16.2. The minimum absolute atomic E-state index is 0.0516. The Balaban J connectivity index is 1.98. The van der Waals surface area contributed by atoms with E-state index in [1.54, 1.807) is 40.2 Å². The molecule has 2 aromatic carbocycles. The lowest BCUT2D eigenvalue weighted by Crippen LogP contribution is -2.20. The van der Waals surface area contributed by atoms with Crippen molar-refractivity contribution in [1.29, 1.82) is 0 Å². The molecule has 0 atom stereocenters. The molecule has 3 aromatic rings. The monoisotopic (exact) mass is 506 g/mol. The average molecular weight is 507 g/mol. The normalized spacial score (nSPS) is 12.5. The molecular formula is C24H30N2O6S2. The number of nitrogens with zero attached hydrogens (tertiary/aromatic N) is 2. The summed E-state index contributed by atoms with van der Waals surface area (Å²) in [6.45, 7) is 6.73. The van der Waals surface area contributed by atoms with Gasteiger partial charge >= 0.3 is 0 Å². The molecule has 1 amide bonds. The van der Waals surface area contributed by atoms with E-state index in [1.165, 1.54) is 23.5 Å². The minimum atomic E-state index is -3.36. The molecule has 10 heteroatoms. The fourth-order valence-electron chi connectivity index (χ4n) is 3.44. The summed E-state index contributed by atoms with van der Waals surface area (Å²) in [5.41, 5.74) is 1.48. The molecule has 0 saturated carbocycles. The van der Waals surface area contributed by atoms with Crippen molar-refractivity contribution in [2.24, 2.45) is 4.99 Å². The van der Waals surface area contributed by atoms with Crippen molar-refractivity contribution >= 4 is 37.3 Å². The molecule has 0 radical (unpaired) electrons. The predicted molar refractivity (Wildman–Crippen MR) is 132 cm³/mol. The first kappa shape index (κ1) is 25.9. The van der Waals surface area contributed by atoms with Crippen LogP contribution in [0.4, 0.5) is 0 Å². The lowest BCUT2D eigenvalue weighted by molar-refractivity contribution is -0.117. The second-order valence-electron chi connectivity index (χ2n) is 7.80. The number of aromatic nitrogens is 1. The fraction of sp³-hybridized carbons (Fsp3) is 0.417. The molecule has 34 heavy (non-hydrogen) atoms. The van der Waals surface area contributed by atoms with Gasteiger partial charge in [0.1, 0.15) is 21.7 Å². The number of thiazole rings is 1. The molecule has 0 spiro atoms. The zero-order valence-electron chi connectivity index (χ0n) is 20.0. The third-order valence-electron chi connectivity index (χ3n) is 5.30. The zero-order chi connectivity index (χ0) is 24.9. The first-order valence-corrected chi connectivity index (χ1v) is 13.3. The van der Waals surface area contributed by atoms with Crippen LogP contribution in [-0.2, 0) is 32.3 Å². The standard InChI is InChI=1S/C24H30N2O6S2/c1-6-32-14-13-26-22-19(30-4)11-12-20(31-5)23(22)33-24(26)25-21(27)15-17-7-9-18(10-8-17)34(28,29)16(2)3/h7-12,16H,6,13-15H2,1-5H3. The van der Waals surface area contributed by atoms with Crippen LogP contribution in [0.3, 0.4) is 0 Å². The molecule has 1 heterocycles. The van der Waals surface area contributed by atoms with Crippen LogP contribution in [0, 0.1) is 0 Å². The third kappa shape index (κ3) is 5.51. The Morgan fingerprint density at radius 3 is 2.29 bits per heavy atom. The van der Waals surface area contributed by atoms with E-state index in [2.05, 4.69) is 4.99 Å². The molecule has 0 saturated heterocycles. The number of carbonyl (C=O) groups is 1. The van der Waals surface area contributed by atoms with Gasteiger partial charge in [0.2, 0.25) is 0 Å². The number of hydrogen-bond acceptors (Lipinski definition) is 7. The molecule has 0 aliphatic carbocycles. The van der Waals surface area contributed by atoms with Crippen LogP contribution in [0.15, 0.2) is 46.3 Å². The van der Waals surface area contributed by atoms with Gasteiger partial charge in [0, 0.05) is 13.2 Å². The topological polar surface area (TPSA) is 96.2 Å². The van der Waals surface area contributed by atoms with E-state index in [0.29, 0.717) is 41.6 Å². The van der Waals surface area contributed by atoms with Crippen LogP contribution in [0.1, 0.15) is 26.3 Å². The lowest BCUT2D eigenvalue weighted by Gasteiger charge is -2.10. The van der Waals surface area contributed by atoms with E-state index in [-0.39, 0.29) is 17.2 Å². The van der Waals surface area contributed by atoms with Gasteiger partial charge in [-0.3, -0.25) is 4.79 Å². The van der Waals surface area contributed by atoms with Crippen LogP contribution < -0.4 is 14.3 Å². The molecule has 0 aliphatic heterocycles. The molecule has 0 bridgehead atoms. The predicted octanol–water partition coefficient (Wildman–Crippen LogP) is 3.61. The summed E-state index contributed by atoms with van der Waals surface area (Å²) < 4.78 is 44.0. The van der Waals surface area contributed by atoms with Gasteiger partial charge in [0.25, 0.3) is 5.91 Å². The third-order valence-corrected chi connectivity index (χ3v) is 8.57. The number of carbonyl (C=O) groups excluding carboxylic acids is 1. The van der Waals surface area contributed by atoms with Crippen molar-refractivity contribution < 1.29 is 27.4 Å². The van der Waals surface area contributed by atoms with E-state index in [0.717, 1.165) is 10.2 Å². The summed E-state index contributed by atoms with van der Waals surface area (Å²) in [5, 5.41) is -0.510. The Bertz CT molecular complexity index is 1320. The van der Waals surface area contributed by atoms with Crippen LogP contribution in [-0.4, -0.2) is 51.6 Å². The largest absolute Gasteiger partial charge is 0.495 e. The number of rotatable bonds is 10. The van der Waals surface area contributed by atoms with Crippen LogP contribution in [0.5, 0.6) is 11.5 Å². The van der Waals surface area contributed by atoms with E-state index in [4.69, 9.17) is 14.2 Å². The van der Waals surface area contributed by atoms with Gasteiger partial charge in [0.05, 0.1) is 37.4 Å². The highest BCUT2D eigenvalue weighted by atomic mass is 32.2. The quantitative estimate of drug-likeness (QED) is 0.390. The highest BCUT2D eigenvalue weighted by Crippen LogP contribution is 2.35. The van der Waals surface area contributed by atoms with Crippen molar-refractivity contribution in [3.63, 3.8) is 0 Å². The van der Waals surface area contributed by atoms with Crippen molar-refractivity contribution in [2.75, 3.05) is 27.4 Å². The van der Waals surface area contributed by atoms with Crippen molar-refractivity contribution in [2.45, 2.75) is 43.9 Å². The van der Waals surface area contributed by atoms with E-state index < -0.39 is 15.1 Å². The van der Waals surface area contributed by atoms with Crippen LogP contribution >= 0.6 is 11.3 Å². The zero-order valence-corrected chi connectivity index (χ0v) is 21.7. The Morgan fingerprint density at radius 1 is 1.06 bits per heavy atom. The van der Waals surface area contributed by atoms with Gasteiger partial charge in [-0.15, -0.1) is 0 Å². The Kier molecular flexibility index (Phi) is 8.51. The van der Waals surface area contributed by atoms with E-state index in [1.807, 2.05) is 23.6 Å². The van der Waals surface area contributed by atoms with Gasteiger partial charge in [-0.2, -0.15) is 4.99 Å². The number of ether oxygens (including phenoxy) is 3. The summed E-state index contributed by atoms with van der Waals surface area (Å²) in [6.07, 6.45) is 0.0516. The molecule has 184 valence electrons. The molecule has 8 nitrogen and oxygen atoms in total. The number of hydrogen-bond donors (Lipinski definition) is 0. The number of benzene rings is 2. The number of amides is 1. The van der Waals surface area contributed by atoms with Crippen molar-refractivity contribution in [3.05, 3.63) is 46.8 Å². The molecule has 0 aliphatic rings. The van der Waals surface area contributed by atoms with Gasteiger partial charge in [-0.05, 0) is 50.6 Å². The van der Waals surface area contributed by atoms with Crippen LogP contribution in [0.25, 0.3) is 10.2 Å². The number of sulfone groups is 1. The Hall–Kier alpha value is -2.69. The molecule has 0 fully saturated rings. The summed E-state index contributed by atoms with van der Waals surface area (Å²) in [6, 6.07) is 10.0. The maximum Gasteiger partial charge on any atom is 0.252 e. The molecule has 1 aromatic heterocycles. The van der Waals surface area contributed by atoms with Crippen molar-refractivity contribution in [3.8, 4) is 11.5 Å². The highest BCUT2D eigenvalue weighted by molar-refractivity contribution is 7.92. The van der Waals surface area contributed by atoms with Crippen molar-refractivity contribution in [1.82, 2.24) is 4.57 Å². The van der Waals surface area contributed by atoms with Gasteiger partial charge < -0.3 is 18.8 Å². The fourth-order valence-corrected chi connectivity index (χ4v) is 5.68. The SMILES string of the molecule is CCOCCn1c(=NC(=O)Cc2ccc(S(=O)(=O)C(C)C)cc2)sc2c(OC)ccc(OC)c21. The molecular weight excluding hydrogens is 476 g/mol. The number of methoxy groups -OCH3 is 2. The highest BCUT2D eigenvalue weighted by Gasteiger charge is 2.19. The summed E-state index contributed by atoms with van der Waals surface area (Å²) in [4.78, 5) is 18.0. The average Bonchev–Trinajstić information content (AvgIpc) is 3.16. The lowest BCUT2D eigenvalue weighted by atomic mass is 10.1. The smallest absolute Gasteiger partial charge is 0.252 e. The molecule has 0 N–H and O–H groups in total. The second-order valence-corrected chi connectivity index (χ2v) is 11.3. The Labute approximate surface area is 203 Å². The van der Waals surface area contributed by atoms with E-state index in [9.17, 15) is 13.2 Å². The Morgan fingerprint density at radius 2 is 1.71 bits per heavy atom. The summed E-state index contributed by atoms with van der Waals surface area (Å²) in [7, 11) is -0.173. The summed E-state index contributed by atoms with van der Waals surface area (Å²) >= 11 is 1.35. The van der Waals surface area contributed by atoms with Crippen LogP contribution in [0.2, 0.25) is 0 Å². The number of fused-ring (bicyclic) bond motifs is 1. The molecule has 0 unspecified atom stereocenters. The maximum absolute atomic E-state index is 12.9. The maximum atomic E-state index is 12.9. The first-order valence-electron chi connectivity index (χ1n) is 10.9. The van der Waals surface area contributed by atoms with Gasteiger partial charge in [0.15, 0.2) is 14.6 Å². The minimum Gasteiger partial charge on any atom is -0.495 e. The van der Waals surface area contributed by atoms with Gasteiger partial charge in [-0.1, -0.05) is 23.5 Å². The second kappa shape index (κ2) is 11.2. The summed E-state index contributed by atoms with van der Waals surface area (Å²) in [5.74, 6) is 0.982.